The minimum Gasteiger partial charge on any atom is -0.550 e. The van der Waals surface area contributed by atoms with Gasteiger partial charge < -0.3 is 30.0 Å². The maximum absolute atomic E-state index is 11.2. The van der Waals surface area contributed by atoms with Crippen LogP contribution in [0.2, 0.25) is 0 Å². The van der Waals surface area contributed by atoms with Crippen LogP contribution < -0.4 is 10.2 Å². The Hall–Kier alpha value is -3.17. The van der Waals surface area contributed by atoms with Crippen LogP contribution >= 0.6 is 0 Å². The number of carboxylic acids is 2. The molecule has 0 saturated heterocycles. The van der Waals surface area contributed by atoms with Crippen molar-refractivity contribution >= 4 is 24.4 Å². The second kappa shape index (κ2) is 19.7. The molecule has 0 bridgehead atoms. The third-order valence-electron chi connectivity index (χ3n) is 8.56. The molecule has 0 heterocycles. The van der Waals surface area contributed by atoms with Crippen molar-refractivity contribution < 1.29 is 46.8 Å². The monoisotopic (exact) mass is 709 g/mol. The molecule has 1 fully saturated rings. The van der Waals surface area contributed by atoms with Crippen LogP contribution in [0.3, 0.4) is 0 Å². The number of hydrogen-bond acceptors (Lipinski definition) is 8. The van der Waals surface area contributed by atoms with E-state index in [0.717, 1.165) is 68.2 Å². The molecule has 2 aromatic rings. The summed E-state index contributed by atoms with van der Waals surface area (Å²) in [7, 11) is 0. The predicted octanol–water partition coefficient (Wildman–Crippen LogP) is 6.69. The van der Waals surface area contributed by atoms with E-state index in [4.69, 9.17) is 29.8 Å². The van der Waals surface area contributed by atoms with Gasteiger partial charge in [-0.2, -0.15) is 0 Å². The molecule has 1 radical (unpaired) electrons. The Bertz CT molecular complexity index is 1290. The molecular weight excluding hydrogens is 651 g/mol. The molecule has 9 heteroatoms. The minimum absolute atomic E-state index is 0. The molecule has 4 unspecified atom stereocenters. The number of aromatic hydroxyl groups is 2. The smallest absolute Gasteiger partial charge is 0.550 e. The average Bonchev–Trinajstić information content (AvgIpc) is 3.40. The van der Waals surface area contributed by atoms with E-state index in [2.05, 4.69) is 93.5 Å². The number of carbonyl (C=O) groups is 2. The number of phenolic OH excluding ortho intramolecular Hbond substituents is 2. The normalized spacial score (nSPS) is 17.5. The molecule has 2 N–H and O–H groups in total. The van der Waals surface area contributed by atoms with Gasteiger partial charge in [-0.25, -0.2) is 0 Å². The van der Waals surface area contributed by atoms with E-state index in [1.54, 1.807) is 0 Å². The Morgan fingerprint density at radius 1 is 0.750 bits per heavy atom. The van der Waals surface area contributed by atoms with Gasteiger partial charge in [-0.3, -0.25) is 9.98 Å². The quantitative estimate of drug-likeness (QED) is 0.292. The number of rotatable bonds is 8. The maximum Gasteiger partial charge on any atom is 2.00 e. The Balaban J connectivity index is 0.00000221. The number of carboxylic acid groups (broad SMARTS) is 2. The zero-order chi connectivity index (χ0) is 36.3. The fourth-order valence-corrected chi connectivity index (χ4v) is 5.36. The molecule has 269 valence electrons. The van der Waals surface area contributed by atoms with Crippen LogP contribution in [0.1, 0.15) is 160 Å². The number of hydrogen-bond donors (Lipinski definition) is 2. The van der Waals surface area contributed by atoms with E-state index in [1.807, 2.05) is 12.4 Å². The van der Waals surface area contributed by atoms with Crippen LogP contribution in [0.15, 0.2) is 34.3 Å². The number of aliphatic carboxylic acids is 2. The fourth-order valence-electron chi connectivity index (χ4n) is 5.36. The van der Waals surface area contributed by atoms with Gasteiger partial charge in [-0.05, 0) is 91.9 Å². The summed E-state index contributed by atoms with van der Waals surface area (Å²) in [6, 6.07) is 8.65. The summed E-state index contributed by atoms with van der Waals surface area (Å²) in [6.45, 7) is 23.7. The molecule has 2 aromatic carbocycles. The molecule has 0 aliphatic heterocycles. The van der Waals surface area contributed by atoms with Crippen LogP contribution in [0.4, 0.5) is 0 Å². The van der Waals surface area contributed by atoms with Gasteiger partial charge in [0.2, 0.25) is 0 Å². The van der Waals surface area contributed by atoms with E-state index < -0.39 is 11.9 Å². The largest absolute Gasteiger partial charge is 2.00 e. The Labute approximate surface area is 299 Å². The molecule has 8 nitrogen and oxygen atoms in total. The van der Waals surface area contributed by atoms with Crippen molar-refractivity contribution in [3.05, 3.63) is 57.6 Å². The molecule has 3 rings (SSSR count). The zero-order valence-electron chi connectivity index (χ0n) is 31.1. The summed E-state index contributed by atoms with van der Waals surface area (Å²) in [6.07, 6.45) is 8.85. The molecule has 1 aliphatic rings. The molecule has 1 saturated carbocycles. The molecule has 48 heavy (non-hydrogen) atoms. The molecule has 4 atom stereocenters. The first kappa shape index (κ1) is 44.8. The van der Waals surface area contributed by atoms with Crippen molar-refractivity contribution in [2.75, 3.05) is 0 Å². The minimum atomic E-state index is -1.08. The first-order chi connectivity index (χ1) is 21.6. The van der Waals surface area contributed by atoms with E-state index in [0.29, 0.717) is 23.3 Å². The van der Waals surface area contributed by atoms with Crippen molar-refractivity contribution in [3.63, 3.8) is 0 Å². The van der Waals surface area contributed by atoms with Crippen molar-refractivity contribution in [3.8, 4) is 11.5 Å². The summed E-state index contributed by atoms with van der Waals surface area (Å²) >= 11 is 0. The summed E-state index contributed by atoms with van der Waals surface area (Å²) in [5, 5.41) is 40.1. The van der Waals surface area contributed by atoms with Crippen LogP contribution in [0, 0.1) is 0 Å². The Morgan fingerprint density at radius 2 is 1.04 bits per heavy atom. The summed E-state index contributed by atoms with van der Waals surface area (Å²) < 4.78 is 0. The van der Waals surface area contributed by atoms with Gasteiger partial charge in [0.25, 0.3) is 0 Å². The molecule has 0 amide bonds. The van der Waals surface area contributed by atoms with Crippen LogP contribution in [-0.4, -0.2) is 46.7 Å². The van der Waals surface area contributed by atoms with E-state index in [9.17, 15) is 10.2 Å². The number of phenols is 2. The van der Waals surface area contributed by atoms with Crippen LogP contribution in [-0.2, 0) is 37.2 Å². The van der Waals surface area contributed by atoms with Gasteiger partial charge in [-0.15, -0.1) is 0 Å². The SMILES string of the molecule is CC(=O)[O-].CC(=O)[O-].CCC(C)c1cc(C=NC2CCCC2N=Cc2cc(C(C)CC)cc(C(C)(C)C)c2O)c(O)c(C(C)(C)C)c1.[Co+2]. The number of nitrogens with zero attached hydrogens (tertiary/aromatic N) is 2. The van der Waals surface area contributed by atoms with Gasteiger partial charge in [0.15, 0.2) is 0 Å². The van der Waals surface area contributed by atoms with E-state index in [1.165, 1.54) is 11.1 Å². The van der Waals surface area contributed by atoms with Gasteiger partial charge in [-0.1, -0.05) is 81.4 Å². The Kier molecular flexibility index (Phi) is 18.4. The second-order valence-electron chi connectivity index (χ2n) is 14.7. The second-order valence-corrected chi connectivity index (χ2v) is 14.7. The topological polar surface area (TPSA) is 145 Å². The average molecular weight is 710 g/mol. The standard InChI is InChI=1S/C35H52N2O2.2C2H4O2.Co/c1-11-22(3)24-16-26(32(38)28(18-24)34(5,6)7)20-36-30-14-13-15-31(30)37-21-27-17-25(23(4)12-2)19-29(33(27)39)35(8,9)10;2*1-2(3)4;/h16-23,30-31,38-39H,11-15H2,1-10H3;2*1H3,(H,3,4);/q;;;+2/p-2. The van der Waals surface area contributed by atoms with Gasteiger partial charge >= 0.3 is 16.8 Å². The molecule has 0 spiro atoms. The van der Waals surface area contributed by atoms with E-state index in [-0.39, 0.29) is 39.7 Å². The van der Waals surface area contributed by atoms with Gasteiger partial charge in [0, 0.05) is 46.6 Å². The third kappa shape index (κ3) is 14.1. The van der Waals surface area contributed by atoms with Crippen molar-refractivity contribution in [2.45, 2.75) is 150 Å². The fraction of sp³-hybridized carbons (Fsp3) is 0.590. The molecule has 1 aliphatic carbocycles. The first-order valence-electron chi connectivity index (χ1n) is 16.8. The maximum atomic E-state index is 11.2. The summed E-state index contributed by atoms with van der Waals surface area (Å²) in [4.78, 5) is 27.7. The van der Waals surface area contributed by atoms with Crippen molar-refractivity contribution in [2.24, 2.45) is 9.98 Å². The van der Waals surface area contributed by atoms with Crippen LogP contribution in [0.5, 0.6) is 11.5 Å². The van der Waals surface area contributed by atoms with Gasteiger partial charge in [0.1, 0.15) is 11.5 Å². The zero-order valence-corrected chi connectivity index (χ0v) is 32.1. The molecular formula is C39H58CoN2O6. The summed E-state index contributed by atoms with van der Waals surface area (Å²) in [5.74, 6) is -0.672. The van der Waals surface area contributed by atoms with Gasteiger partial charge in [0.05, 0.1) is 12.1 Å². The number of carbonyl (C=O) groups excluding carboxylic acids is 2. The molecule has 0 aromatic heterocycles. The summed E-state index contributed by atoms with van der Waals surface area (Å²) in [5.41, 5.74) is 5.69. The van der Waals surface area contributed by atoms with E-state index >= 15 is 0 Å². The predicted molar refractivity (Wildman–Crippen MR) is 189 cm³/mol. The number of benzene rings is 2. The first-order valence-corrected chi connectivity index (χ1v) is 16.8. The number of aliphatic imine (C=N–C) groups is 2. The van der Waals surface area contributed by atoms with Crippen molar-refractivity contribution in [1.29, 1.82) is 0 Å². The van der Waals surface area contributed by atoms with Crippen LogP contribution in [0.25, 0.3) is 0 Å². The third-order valence-corrected chi connectivity index (χ3v) is 8.56. The Morgan fingerprint density at radius 3 is 1.29 bits per heavy atom. The van der Waals surface area contributed by atoms with Crippen molar-refractivity contribution in [1.82, 2.24) is 0 Å².